The van der Waals surface area contributed by atoms with Crippen LogP contribution in [0.5, 0.6) is 0 Å². The molecule has 0 aliphatic heterocycles. The Morgan fingerprint density at radius 2 is 2.06 bits per heavy atom. The van der Waals surface area contributed by atoms with Gasteiger partial charge in [0, 0.05) is 20.8 Å². The van der Waals surface area contributed by atoms with Gasteiger partial charge < -0.3 is 5.32 Å². The molecule has 0 radical (unpaired) electrons. The third kappa shape index (κ3) is 3.14. The molecule has 0 saturated carbocycles. The van der Waals surface area contributed by atoms with Crippen LogP contribution in [0.1, 0.15) is 31.2 Å². The number of rotatable bonds is 5. The van der Waals surface area contributed by atoms with Crippen molar-refractivity contribution in [3.8, 4) is 10.4 Å². The van der Waals surface area contributed by atoms with Gasteiger partial charge in [0.2, 0.25) is 0 Å². The van der Waals surface area contributed by atoms with E-state index in [0.29, 0.717) is 6.04 Å². The van der Waals surface area contributed by atoms with Crippen molar-refractivity contribution in [2.45, 2.75) is 26.3 Å². The molecule has 1 N–H and O–H groups in total. The zero-order chi connectivity index (χ0) is 13.0. The minimum Gasteiger partial charge on any atom is -0.310 e. The second-order valence-corrected chi connectivity index (χ2v) is 5.78. The molecule has 1 nitrogen and oxygen atoms in total. The first-order valence-corrected chi connectivity index (χ1v) is 7.53. The van der Waals surface area contributed by atoms with Gasteiger partial charge in [0.15, 0.2) is 0 Å². The van der Waals surface area contributed by atoms with Gasteiger partial charge in [0.1, 0.15) is 0 Å². The molecule has 0 aliphatic carbocycles. The average molecular weight is 280 g/mol. The van der Waals surface area contributed by atoms with Gasteiger partial charge in [-0.25, -0.2) is 0 Å². The molecule has 0 aliphatic rings. The van der Waals surface area contributed by atoms with Gasteiger partial charge in [-0.3, -0.25) is 0 Å². The van der Waals surface area contributed by atoms with Crippen LogP contribution >= 0.6 is 22.9 Å². The Labute approximate surface area is 118 Å². The first kappa shape index (κ1) is 13.6. The van der Waals surface area contributed by atoms with E-state index in [9.17, 15) is 0 Å². The van der Waals surface area contributed by atoms with E-state index in [4.69, 9.17) is 11.6 Å². The van der Waals surface area contributed by atoms with Gasteiger partial charge in [0.25, 0.3) is 0 Å². The standard InChI is InChI=1S/C15H18ClNS/c1-3-13(17-4-2)15-9-8-14(18-15)11-6-5-7-12(16)10-11/h5-10,13,17H,3-4H2,1-2H3. The molecule has 1 atom stereocenters. The van der Waals surface area contributed by atoms with Crippen LogP contribution in [0, 0.1) is 0 Å². The van der Waals surface area contributed by atoms with E-state index in [2.05, 4.69) is 37.4 Å². The quantitative estimate of drug-likeness (QED) is 0.800. The molecular formula is C15H18ClNS. The fourth-order valence-corrected chi connectivity index (χ4v) is 3.38. The van der Waals surface area contributed by atoms with E-state index in [1.54, 1.807) is 0 Å². The largest absolute Gasteiger partial charge is 0.310 e. The van der Waals surface area contributed by atoms with E-state index in [0.717, 1.165) is 18.0 Å². The highest BCUT2D eigenvalue weighted by atomic mass is 35.5. The van der Waals surface area contributed by atoms with Crippen LogP contribution in [0.3, 0.4) is 0 Å². The van der Waals surface area contributed by atoms with E-state index < -0.39 is 0 Å². The van der Waals surface area contributed by atoms with Crippen LogP contribution in [-0.4, -0.2) is 6.54 Å². The predicted octanol–water partition coefficient (Wildman–Crippen LogP) is 5.13. The molecule has 0 saturated heterocycles. The van der Waals surface area contributed by atoms with Crippen molar-refractivity contribution in [2.24, 2.45) is 0 Å². The number of halogens is 1. The minimum absolute atomic E-state index is 0.466. The number of hydrogen-bond donors (Lipinski definition) is 1. The molecule has 2 aromatic rings. The lowest BCUT2D eigenvalue weighted by Crippen LogP contribution is -2.18. The van der Waals surface area contributed by atoms with E-state index >= 15 is 0 Å². The molecule has 3 heteroatoms. The molecule has 18 heavy (non-hydrogen) atoms. The van der Waals surface area contributed by atoms with Crippen molar-refractivity contribution in [3.05, 3.63) is 46.3 Å². The maximum absolute atomic E-state index is 6.03. The van der Waals surface area contributed by atoms with Crippen molar-refractivity contribution in [1.29, 1.82) is 0 Å². The number of nitrogens with one attached hydrogen (secondary N) is 1. The first-order valence-electron chi connectivity index (χ1n) is 6.33. The lowest BCUT2D eigenvalue weighted by molar-refractivity contribution is 0.545. The number of benzene rings is 1. The zero-order valence-corrected chi connectivity index (χ0v) is 12.3. The van der Waals surface area contributed by atoms with Gasteiger partial charge in [-0.2, -0.15) is 0 Å². The summed E-state index contributed by atoms with van der Waals surface area (Å²) in [6, 6.07) is 12.9. The fourth-order valence-electron chi connectivity index (χ4n) is 2.03. The van der Waals surface area contributed by atoms with Gasteiger partial charge in [0.05, 0.1) is 0 Å². The lowest BCUT2D eigenvalue weighted by Gasteiger charge is -2.13. The summed E-state index contributed by atoms with van der Waals surface area (Å²) in [7, 11) is 0. The Hall–Kier alpha value is -0.830. The Morgan fingerprint density at radius 1 is 1.22 bits per heavy atom. The Bertz CT molecular complexity index is 507. The van der Waals surface area contributed by atoms with Crippen molar-refractivity contribution < 1.29 is 0 Å². The highest BCUT2D eigenvalue weighted by molar-refractivity contribution is 7.15. The van der Waals surface area contributed by atoms with E-state index in [-0.39, 0.29) is 0 Å². The molecule has 0 bridgehead atoms. The molecule has 1 aromatic carbocycles. The van der Waals surface area contributed by atoms with Gasteiger partial charge in [-0.1, -0.05) is 37.6 Å². The Kier molecular flexibility index (Phi) is 4.81. The summed E-state index contributed by atoms with van der Waals surface area (Å²) >= 11 is 7.88. The summed E-state index contributed by atoms with van der Waals surface area (Å²) in [6.45, 7) is 5.36. The predicted molar refractivity (Wildman–Crippen MR) is 81.5 cm³/mol. The number of hydrogen-bond acceptors (Lipinski definition) is 2. The molecule has 1 heterocycles. The summed E-state index contributed by atoms with van der Waals surface area (Å²) < 4.78 is 0. The summed E-state index contributed by atoms with van der Waals surface area (Å²) in [5.41, 5.74) is 1.20. The Morgan fingerprint density at radius 3 is 2.72 bits per heavy atom. The molecular weight excluding hydrogens is 262 g/mol. The maximum Gasteiger partial charge on any atom is 0.0412 e. The highest BCUT2D eigenvalue weighted by Gasteiger charge is 2.11. The van der Waals surface area contributed by atoms with Crippen molar-refractivity contribution in [2.75, 3.05) is 6.54 Å². The molecule has 1 aromatic heterocycles. The van der Waals surface area contributed by atoms with Crippen LogP contribution in [0.25, 0.3) is 10.4 Å². The number of thiophene rings is 1. The third-order valence-electron chi connectivity index (χ3n) is 2.94. The summed E-state index contributed by atoms with van der Waals surface area (Å²) in [4.78, 5) is 2.68. The third-order valence-corrected chi connectivity index (χ3v) is 4.42. The van der Waals surface area contributed by atoms with Crippen molar-refractivity contribution >= 4 is 22.9 Å². The molecule has 1 unspecified atom stereocenters. The van der Waals surface area contributed by atoms with Crippen LogP contribution in [0.4, 0.5) is 0 Å². The maximum atomic E-state index is 6.03. The normalized spacial score (nSPS) is 12.6. The van der Waals surface area contributed by atoms with E-state index in [1.165, 1.54) is 15.3 Å². The summed E-state index contributed by atoms with van der Waals surface area (Å²) in [6.07, 6.45) is 1.11. The average Bonchev–Trinajstić information content (AvgIpc) is 2.85. The zero-order valence-electron chi connectivity index (χ0n) is 10.7. The van der Waals surface area contributed by atoms with Gasteiger partial charge >= 0.3 is 0 Å². The van der Waals surface area contributed by atoms with Crippen LogP contribution in [0.15, 0.2) is 36.4 Å². The second kappa shape index (κ2) is 6.37. The molecule has 96 valence electrons. The van der Waals surface area contributed by atoms with E-state index in [1.807, 2.05) is 29.5 Å². The molecule has 0 spiro atoms. The fraction of sp³-hybridized carbons (Fsp3) is 0.333. The first-order chi connectivity index (χ1) is 8.74. The second-order valence-electron chi connectivity index (χ2n) is 4.23. The SMILES string of the molecule is CCNC(CC)c1ccc(-c2cccc(Cl)c2)s1. The molecule has 0 amide bonds. The topological polar surface area (TPSA) is 12.0 Å². The minimum atomic E-state index is 0.466. The lowest BCUT2D eigenvalue weighted by atomic mass is 10.1. The van der Waals surface area contributed by atoms with Crippen molar-refractivity contribution in [1.82, 2.24) is 5.32 Å². The van der Waals surface area contributed by atoms with Crippen LogP contribution in [0.2, 0.25) is 5.02 Å². The Balaban J connectivity index is 2.24. The summed E-state index contributed by atoms with van der Waals surface area (Å²) in [5.74, 6) is 0. The van der Waals surface area contributed by atoms with Crippen LogP contribution < -0.4 is 5.32 Å². The molecule has 0 fully saturated rings. The van der Waals surface area contributed by atoms with Gasteiger partial charge in [-0.05, 0) is 42.8 Å². The highest BCUT2D eigenvalue weighted by Crippen LogP contribution is 2.33. The summed E-state index contributed by atoms with van der Waals surface area (Å²) in [5, 5.41) is 4.30. The van der Waals surface area contributed by atoms with Gasteiger partial charge in [-0.15, -0.1) is 11.3 Å². The van der Waals surface area contributed by atoms with Crippen molar-refractivity contribution in [3.63, 3.8) is 0 Å². The van der Waals surface area contributed by atoms with Crippen LogP contribution in [-0.2, 0) is 0 Å². The molecule has 2 rings (SSSR count). The monoisotopic (exact) mass is 279 g/mol. The smallest absolute Gasteiger partial charge is 0.0412 e.